The lowest BCUT2D eigenvalue weighted by Gasteiger charge is -2.45. The van der Waals surface area contributed by atoms with Gasteiger partial charge in [0.15, 0.2) is 0 Å². The van der Waals surface area contributed by atoms with Gasteiger partial charge in [-0.15, -0.1) is 0 Å². The second kappa shape index (κ2) is 6.25. The van der Waals surface area contributed by atoms with Crippen molar-refractivity contribution in [2.24, 2.45) is 17.6 Å². The fourth-order valence-corrected chi connectivity index (χ4v) is 4.66. The van der Waals surface area contributed by atoms with Crippen LogP contribution in [0.15, 0.2) is 34.7 Å². The zero-order chi connectivity index (χ0) is 16.7. The van der Waals surface area contributed by atoms with Crippen LogP contribution in [0.25, 0.3) is 11.0 Å². The summed E-state index contributed by atoms with van der Waals surface area (Å²) in [5.74, 6) is 1.63. The fraction of sp³-hybridized carbons (Fsp3) is 0.550. The van der Waals surface area contributed by atoms with E-state index >= 15 is 0 Å². The standard InChI is InChI=1S/C20H26N2O2/c1-12(18-11-13-5-2-3-8-17(13)24-18)20(23)22-19-14-6-4-7-15(19)10-16(21)9-14/h2-3,5,8,11-12,14-16,19H,4,6-7,9-10,21H2,1H3,(H,22,23). The summed E-state index contributed by atoms with van der Waals surface area (Å²) in [5, 5.41) is 4.38. The van der Waals surface area contributed by atoms with Crippen molar-refractivity contribution >= 4 is 16.9 Å². The molecule has 1 aromatic heterocycles. The van der Waals surface area contributed by atoms with Crippen LogP contribution in [0.2, 0.25) is 0 Å². The summed E-state index contributed by atoms with van der Waals surface area (Å²) in [6, 6.07) is 10.5. The molecule has 2 aliphatic rings. The summed E-state index contributed by atoms with van der Waals surface area (Å²) in [7, 11) is 0. The van der Waals surface area contributed by atoms with E-state index in [9.17, 15) is 4.79 Å². The van der Waals surface area contributed by atoms with E-state index in [1.54, 1.807) is 0 Å². The summed E-state index contributed by atoms with van der Waals surface area (Å²) in [4.78, 5) is 12.8. The molecule has 0 saturated heterocycles. The number of rotatable bonds is 3. The van der Waals surface area contributed by atoms with Gasteiger partial charge >= 0.3 is 0 Å². The van der Waals surface area contributed by atoms with Gasteiger partial charge in [0.25, 0.3) is 0 Å². The van der Waals surface area contributed by atoms with Gasteiger partial charge in [-0.3, -0.25) is 4.79 Å². The highest BCUT2D eigenvalue weighted by Crippen LogP contribution is 2.40. The fourth-order valence-electron chi connectivity index (χ4n) is 4.66. The molecule has 1 amide bonds. The van der Waals surface area contributed by atoms with Crippen LogP contribution in [0, 0.1) is 11.8 Å². The quantitative estimate of drug-likeness (QED) is 0.906. The Balaban J connectivity index is 1.49. The number of fused-ring (bicyclic) bond motifs is 3. The van der Waals surface area contributed by atoms with Crippen molar-refractivity contribution in [3.8, 4) is 0 Å². The molecular formula is C20H26N2O2. The van der Waals surface area contributed by atoms with Gasteiger partial charge in [-0.05, 0) is 56.6 Å². The van der Waals surface area contributed by atoms with Gasteiger partial charge in [-0.25, -0.2) is 0 Å². The highest BCUT2D eigenvalue weighted by Gasteiger charge is 2.40. The van der Waals surface area contributed by atoms with Crippen LogP contribution in [0.1, 0.15) is 50.7 Å². The molecule has 2 aliphatic carbocycles. The molecule has 1 aromatic carbocycles. The van der Waals surface area contributed by atoms with E-state index in [0.29, 0.717) is 17.9 Å². The number of amides is 1. The molecule has 0 radical (unpaired) electrons. The Morgan fingerprint density at radius 2 is 1.96 bits per heavy atom. The first-order chi connectivity index (χ1) is 11.6. The molecule has 4 heteroatoms. The largest absolute Gasteiger partial charge is 0.460 e. The molecule has 24 heavy (non-hydrogen) atoms. The number of hydrogen-bond donors (Lipinski definition) is 2. The van der Waals surface area contributed by atoms with Crippen LogP contribution >= 0.6 is 0 Å². The molecule has 4 rings (SSSR count). The van der Waals surface area contributed by atoms with E-state index < -0.39 is 0 Å². The van der Waals surface area contributed by atoms with Crippen LogP contribution in [-0.2, 0) is 4.79 Å². The molecule has 1 heterocycles. The zero-order valence-electron chi connectivity index (χ0n) is 14.2. The molecule has 2 fully saturated rings. The van der Waals surface area contributed by atoms with E-state index in [4.69, 9.17) is 10.2 Å². The lowest BCUT2D eigenvalue weighted by atomic mass is 9.67. The number of nitrogens with two attached hydrogens (primary N) is 1. The molecule has 2 saturated carbocycles. The Morgan fingerprint density at radius 1 is 1.25 bits per heavy atom. The average molecular weight is 326 g/mol. The minimum Gasteiger partial charge on any atom is -0.460 e. The summed E-state index contributed by atoms with van der Waals surface area (Å²) in [6.07, 6.45) is 5.73. The number of carbonyl (C=O) groups excluding carboxylic acids is 1. The van der Waals surface area contributed by atoms with Crippen molar-refractivity contribution in [3.05, 3.63) is 36.1 Å². The van der Waals surface area contributed by atoms with Crippen molar-refractivity contribution in [2.75, 3.05) is 0 Å². The van der Waals surface area contributed by atoms with Gasteiger partial charge in [-0.2, -0.15) is 0 Å². The zero-order valence-corrected chi connectivity index (χ0v) is 14.2. The van der Waals surface area contributed by atoms with E-state index in [2.05, 4.69) is 5.32 Å². The molecule has 2 aromatic rings. The number of furan rings is 1. The van der Waals surface area contributed by atoms with Gasteiger partial charge in [0, 0.05) is 17.5 Å². The predicted molar refractivity (Wildman–Crippen MR) is 94.6 cm³/mol. The van der Waals surface area contributed by atoms with Crippen LogP contribution in [0.5, 0.6) is 0 Å². The van der Waals surface area contributed by atoms with Gasteiger partial charge in [0.05, 0.1) is 5.92 Å². The SMILES string of the molecule is CC(C(=O)NC1C2CCCC1CC(N)C2)c1cc2ccccc2o1. The third kappa shape index (κ3) is 2.84. The number of benzene rings is 1. The third-order valence-corrected chi connectivity index (χ3v) is 5.95. The highest BCUT2D eigenvalue weighted by molar-refractivity contribution is 5.85. The molecule has 0 aliphatic heterocycles. The maximum atomic E-state index is 12.8. The van der Waals surface area contributed by atoms with Gasteiger partial charge < -0.3 is 15.5 Å². The van der Waals surface area contributed by atoms with E-state index in [1.807, 2.05) is 37.3 Å². The van der Waals surface area contributed by atoms with Crippen LogP contribution in [0.4, 0.5) is 0 Å². The van der Waals surface area contributed by atoms with Crippen molar-refractivity contribution < 1.29 is 9.21 Å². The van der Waals surface area contributed by atoms with Gasteiger partial charge in [-0.1, -0.05) is 24.6 Å². The molecule has 3 unspecified atom stereocenters. The lowest BCUT2D eigenvalue weighted by Crippen LogP contribution is -2.54. The number of hydrogen-bond acceptors (Lipinski definition) is 3. The number of carbonyl (C=O) groups is 1. The number of nitrogens with one attached hydrogen (secondary N) is 1. The Labute approximate surface area is 142 Å². The Bertz CT molecular complexity index is 691. The normalized spacial score (nSPS) is 30.9. The van der Waals surface area contributed by atoms with E-state index in [-0.39, 0.29) is 17.9 Å². The molecule has 2 bridgehead atoms. The summed E-state index contributed by atoms with van der Waals surface area (Å²) in [6.45, 7) is 1.93. The minimum atomic E-state index is -0.270. The predicted octanol–water partition coefficient (Wildman–Crippen LogP) is 3.56. The first-order valence-electron chi connectivity index (χ1n) is 9.16. The topological polar surface area (TPSA) is 68.3 Å². The van der Waals surface area contributed by atoms with E-state index in [0.717, 1.165) is 29.6 Å². The van der Waals surface area contributed by atoms with Crippen LogP contribution in [0.3, 0.4) is 0 Å². The van der Waals surface area contributed by atoms with Gasteiger partial charge in [0.1, 0.15) is 11.3 Å². The van der Waals surface area contributed by atoms with Crippen molar-refractivity contribution in [3.63, 3.8) is 0 Å². The maximum Gasteiger partial charge on any atom is 0.230 e. The van der Waals surface area contributed by atoms with Gasteiger partial charge in [0.2, 0.25) is 5.91 Å². The van der Waals surface area contributed by atoms with Crippen molar-refractivity contribution in [1.29, 1.82) is 0 Å². The number of para-hydroxylation sites is 1. The Kier molecular flexibility index (Phi) is 4.09. The van der Waals surface area contributed by atoms with E-state index in [1.165, 1.54) is 19.3 Å². The molecule has 0 spiro atoms. The molecule has 128 valence electrons. The smallest absolute Gasteiger partial charge is 0.230 e. The summed E-state index contributed by atoms with van der Waals surface area (Å²) >= 11 is 0. The monoisotopic (exact) mass is 326 g/mol. The molecular weight excluding hydrogens is 300 g/mol. The average Bonchev–Trinajstić information content (AvgIpc) is 2.99. The Hall–Kier alpha value is -1.81. The van der Waals surface area contributed by atoms with Crippen molar-refractivity contribution in [2.45, 2.75) is 57.0 Å². The van der Waals surface area contributed by atoms with Crippen molar-refractivity contribution in [1.82, 2.24) is 5.32 Å². The molecule has 4 nitrogen and oxygen atoms in total. The second-order valence-electron chi connectivity index (χ2n) is 7.63. The summed E-state index contributed by atoms with van der Waals surface area (Å²) < 4.78 is 5.87. The highest BCUT2D eigenvalue weighted by atomic mass is 16.3. The summed E-state index contributed by atoms with van der Waals surface area (Å²) in [5.41, 5.74) is 7.02. The van der Waals surface area contributed by atoms with Crippen LogP contribution < -0.4 is 11.1 Å². The first kappa shape index (κ1) is 15.7. The molecule has 3 atom stereocenters. The third-order valence-electron chi connectivity index (χ3n) is 5.95. The maximum absolute atomic E-state index is 12.8. The first-order valence-corrected chi connectivity index (χ1v) is 9.16. The second-order valence-corrected chi connectivity index (χ2v) is 7.63. The minimum absolute atomic E-state index is 0.0754. The van der Waals surface area contributed by atoms with Crippen LogP contribution in [-0.4, -0.2) is 18.0 Å². The Morgan fingerprint density at radius 3 is 2.67 bits per heavy atom. The molecule has 3 N–H and O–H groups in total. The lowest BCUT2D eigenvalue weighted by molar-refractivity contribution is -0.124.